The normalized spacial score (nSPS) is 8.29. The van der Waals surface area contributed by atoms with Crippen LogP contribution in [0, 0.1) is 0 Å². The Hall–Kier alpha value is -0.570. The number of hydrogen-bond donors (Lipinski definition) is 1. The molecule has 0 rings (SSSR count). The minimum atomic E-state index is -0.659. The molecule has 0 bridgehead atoms. The summed E-state index contributed by atoms with van der Waals surface area (Å²) < 4.78 is 0. The molecular weight excluding hydrogens is 94.0 g/mol. The lowest BCUT2D eigenvalue weighted by Crippen LogP contribution is -2.24. The third kappa shape index (κ3) is 3.26. The van der Waals surface area contributed by atoms with E-state index in [2.05, 4.69) is 5.32 Å². The maximum atomic E-state index is 9.99. The molecule has 0 aromatic carbocycles. The zero-order valence-electron chi connectivity index (χ0n) is 4.23. The summed E-state index contributed by atoms with van der Waals surface area (Å²) in [7, 11) is 0. The van der Waals surface area contributed by atoms with Crippen molar-refractivity contribution in [2.24, 2.45) is 0 Å². The zero-order valence-corrected chi connectivity index (χ0v) is 4.23. The average molecular weight is 102 g/mol. The van der Waals surface area contributed by atoms with Crippen LogP contribution in [0.2, 0.25) is 0 Å². The van der Waals surface area contributed by atoms with Crippen molar-refractivity contribution in [1.82, 2.24) is 5.32 Å². The second-order valence-corrected chi connectivity index (χ2v) is 1.10. The van der Waals surface area contributed by atoms with Crippen LogP contribution in [-0.2, 0) is 9.90 Å². The highest BCUT2D eigenvalue weighted by molar-refractivity contribution is 5.76. The van der Waals surface area contributed by atoms with Crippen molar-refractivity contribution < 1.29 is 9.90 Å². The Bertz CT molecular complexity index is 62.7. The molecule has 7 heavy (non-hydrogen) atoms. The van der Waals surface area contributed by atoms with Crippen LogP contribution in [0.1, 0.15) is 6.92 Å². The zero-order chi connectivity index (χ0) is 5.70. The van der Waals surface area contributed by atoms with Gasteiger partial charge in [-0.25, -0.2) is 5.11 Å². The van der Waals surface area contributed by atoms with Crippen LogP contribution >= 0.6 is 0 Å². The number of rotatable bonds is 2. The van der Waals surface area contributed by atoms with Gasteiger partial charge in [-0.15, -0.1) is 0 Å². The van der Waals surface area contributed by atoms with Gasteiger partial charge in [-0.3, -0.25) is 4.79 Å². The predicted octanol–water partition coefficient (Wildman–Crippen LogP) is -0.447. The molecular formula is C4H8NO2. The fourth-order valence-electron chi connectivity index (χ4n) is 0.248. The van der Waals surface area contributed by atoms with Gasteiger partial charge in [0.05, 0.1) is 0 Å². The molecule has 0 heterocycles. The van der Waals surface area contributed by atoms with Gasteiger partial charge in [0.25, 0.3) is 0 Å². The van der Waals surface area contributed by atoms with Crippen LogP contribution < -0.4 is 5.32 Å². The predicted molar refractivity (Wildman–Crippen MR) is 24.2 cm³/mol. The molecule has 3 nitrogen and oxygen atoms in total. The largest absolute Gasteiger partial charge is 0.354 e. The first-order valence-corrected chi connectivity index (χ1v) is 2.16. The lowest BCUT2D eigenvalue weighted by atomic mass is 10.6. The fourth-order valence-corrected chi connectivity index (χ4v) is 0.248. The minimum absolute atomic E-state index is 0.428. The van der Waals surface area contributed by atoms with Crippen LogP contribution in [0.4, 0.5) is 0 Å². The van der Waals surface area contributed by atoms with Crippen molar-refractivity contribution in [3.63, 3.8) is 0 Å². The summed E-state index contributed by atoms with van der Waals surface area (Å²) in [6, 6.07) is 0. The minimum Gasteiger partial charge on any atom is -0.354 e. The van der Waals surface area contributed by atoms with E-state index in [1.807, 2.05) is 0 Å². The first-order chi connectivity index (χ1) is 3.31. The summed E-state index contributed by atoms with van der Waals surface area (Å²) in [5.74, 6) is -0.428. The Morgan fingerprint density at radius 2 is 2.29 bits per heavy atom. The molecule has 0 aromatic heterocycles. The highest BCUT2D eigenvalue weighted by atomic mass is 16.3. The van der Waals surface area contributed by atoms with Gasteiger partial charge in [-0.1, -0.05) is 0 Å². The number of amides is 1. The monoisotopic (exact) mass is 102 g/mol. The van der Waals surface area contributed by atoms with Gasteiger partial charge in [-0.05, 0) is 6.92 Å². The van der Waals surface area contributed by atoms with Crippen LogP contribution in [0.25, 0.3) is 0 Å². The molecule has 0 saturated heterocycles. The topological polar surface area (TPSA) is 49.0 Å². The van der Waals surface area contributed by atoms with E-state index in [1.54, 1.807) is 6.92 Å². The summed E-state index contributed by atoms with van der Waals surface area (Å²) in [4.78, 5) is 9.99. The summed E-state index contributed by atoms with van der Waals surface area (Å²) >= 11 is 0. The maximum absolute atomic E-state index is 9.99. The molecule has 0 aliphatic rings. The highest BCUT2D eigenvalue weighted by Gasteiger charge is 1.91. The average Bonchev–Trinajstić information content (AvgIpc) is 1.68. The lowest BCUT2D eigenvalue weighted by Gasteiger charge is -1.91. The highest BCUT2D eigenvalue weighted by Crippen LogP contribution is 1.58. The standard InChI is InChI=1S/C4H8NO2/c1-2-5-4(7)3-6/h2-3H2,1H3,(H,5,7). The van der Waals surface area contributed by atoms with Gasteiger partial charge >= 0.3 is 0 Å². The SMILES string of the molecule is CCNC(=O)C[O]. The van der Waals surface area contributed by atoms with E-state index in [-0.39, 0.29) is 0 Å². The van der Waals surface area contributed by atoms with Crippen molar-refractivity contribution in [1.29, 1.82) is 0 Å². The van der Waals surface area contributed by atoms with Crippen LogP contribution in [0.15, 0.2) is 0 Å². The van der Waals surface area contributed by atoms with E-state index >= 15 is 0 Å². The molecule has 1 radical (unpaired) electrons. The molecule has 3 heteroatoms. The molecule has 0 saturated carbocycles. The third-order valence-electron chi connectivity index (χ3n) is 0.505. The van der Waals surface area contributed by atoms with Crippen molar-refractivity contribution in [2.75, 3.05) is 13.2 Å². The van der Waals surface area contributed by atoms with Crippen molar-refractivity contribution in [3.05, 3.63) is 0 Å². The van der Waals surface area contributed by atoms with Gasteiger partial charge in [0.15, 0.2) is 6.61 Å². The van der Waals surface area contributed by atoms with E-state index in [4.69, 9.17) is 0 Å². The summed E-state index contributed by atoms with van der Waals surface area (Å²) in [5.41, 5.74) is 0. The van der Waals surface area contributed by atoms with Crippen LogP contribution in [0.3, 0.4) is 0 Å². The second kappa shape index (κ2) is 3.61. The fraction of sp³-hybridized carbons (Fsp3) is 0.750. The van der Waals surface area contributed by atoms with E-state index in [0.29, 0.717) is 6.54 Å². The Morgan fingerprint density at radius 3 is 2.43 bits per heavy atom. The molecule has 0 aromatic rings. The molecule has 0 spiro atoms. The molecule has 0 aliphatic carbocycles. The third-order valence-corrected chi connectivity index (χ3v) is 0.505. The van der Waals surface area contributed by atoms with Gasteiger partial charge in [0.1, 0.15) is 0 Å². The van der Waals surface area contributed by atoms with Gasteiger partial charge in [-0.2, -0.15) is 0 Å². The van der Waals surface area contributed by atoms with Crippen molar-refractivity contribution in [2.45, 2.75) is 6.92 Å². The van der Waals surface area contributed by atoms with Gasteiger partial charge in [0, 0.05) is 6.54 Å². The number of nitrogens with one attached hydrogen (secondary N) is 1. The number of hydrogen-bond acceptors (Lipinski definition) is 1. The quantitative estimate of drug-likeness (QED) is 0.504. The lowest BCUT2D eigenvalue weighted by molar-refractivity contribution is -0.125. The smallest absolute Gasteiger partial charge is 0.249 e. The summed E-state index contributed by atoms with van der Waals surface area (Å²) in [6.07, 6.45) is 0. The summed E-state index contributed by atoms with van der Waals surface area (Å²) in [5, 5.41) is 12.0. The first kappa shape index (κ1) is 6.43. The van der Waals surface area contributed by atoms with E-state index < -0.39 is 12.5 Å². The number of likely N-dealkylation sites (N-methyl/N-ethyl adjacent to an activating group) is 1. The maximum Gasteiger partial charge on any atom is 0.249 e. The molecule has 1 N–H and O–H groups in total. The van der Waals surface area contributed by atoms with E-state index in [9.17, 15) is 9.90 Å². The molecule has 0 atom stereocenters. The molecule has 0 aliphatic heterocycles. The Labute approximate surface area is 42.3 Å². The molecule has 0 fully saturated rings. The first-order valence-electron chi connectivity index (χ1n) is 2.16. The Kier molecular flexibility index (Phi) is 3.32. The van der Waals surface area contributed by atoms with Crippen LogP contribution in [-0.4, -0.2) is 19.1 Å². The van der Waals surface area contributed by atoms with Gasteiger partial charge in [0.2, 0.25) is 5.91 Å². The van der Waals surface area contributed by atoms with E-state index in [1.165, 1.54) is 0 Å². The second-order valence-electron chi connectivity index (χ2n) is 1.10. The molecule has 41 valence electrons. The Balaban J connectivity index is 3.00. The number of carbonyl (C=O) groups is 1. The van der Waals surface area contributed by atoms with E-state index in [0.717, 1.165) is 0 Å². The summed E-state index contributed by atoms with van der Waals surface area (Å²) in [6.45, 7) is 1.66. The number of carbonyl (C=O) groups excluding carboxylic acids is 1. The van der Waals surface area contributed by atoms with Crippen molar-refractivity contribution in [3.8, 4) is 0 Å². The van der Waals surface area contributed by atoms with Crippen molar-refractivity contribution >= 4 is 5.91 Å². The van der Waals surface area contributed by atoms with Gasteiger partial charge < -0.3 is 5.32 Å². The van der Waals surface area contributed by atoms with Crippen LogP contribution in [0.5, 0.6) is 0 Å². The molecule has 1 amide bonds. The Morgan fingerprint density at radius 1 is 1.71 bits per heavy atom. The molecule has 0 unspecified atom stereocenters.